The molecule has 0 spiro atoms. The van der Waals surface area contributed by atoms with Gasteiger partial charge in [0.05, 0.1) is 6.10 Å². The largest absolute Gasteiger partial charge is 0.458 e. The number of rotatable bonds is 3. The zero-order chi connectivity index (χ0) is 14.0. The number of carbonyl (C=O) groups excluding carboxylic acids is 1. The van der Waals surface area contributed by atoms with Gasteiger partial charge < -0.3 is 4.74 Å². The summed E-state index contributed by atoms with van der Waals surface area (Å²) in [6.45, 7) is 7.96. The summed E-state index contributed by atoms with van der Waals surface area (Å²) in [6, 6.07) is 8.04. The topological polar surface area (TPSA) is 39.2 Å². The van der Waals surface area contributed by atoms with Crippen molar-refractivity contribution in [1.29, 1.82) is 0 Å². The predicted octanol–water partition coefficient (Wildman–Crippen LogP) is 3.92. The average Bonchev–Trinajstić information content (AvgIpc) is 2.36. The summed E-state index contributed by atoms with van der Waals surface area (Å²) in [6.07, 6.45) is 1.59. The molecular formula is C16H19NO2. The highest BCUT2D eigenvalue weighted by Gasteiger charge is 2.11. The van der Waals surface area contributed by atoms with Gasteiger partial charge in [0.15, 0.2) is 0 Å². The molecule has 0 saturated carbocycles. The van der Waals surface area contributed by atoms with Crippen molar-refractivity contribution < 1.29 is 9.53 Å². The minimum atomic E-state index is -0.369. The minimum absolute atomic E-state index is 0.132. The number of aromatic nitrogens is 1. The lowest BCUT2D eigenvalue weighted by molar-refractivity contribution is 0.0371. The van der Waals surface area contributed by atoms with E-state index < -0.39 is 0 Å². The van der Waals surface area contributed by atoms with Gasteiger partial charge in [0.2, 0.25) is 0 Å². The van der Waals surface area contributed by atoms with Crippen LogP contribution in [0.4, 0.5) is 0 Å². The Hall–Kier alpha value is -1.90. The fourth-order valence-electron chi connectivity index (χ4n) is 1.90. The second-order valence-electron chi connectivity index (χ2n) is 5.28. The van der Waals surface area contributed by atoms with Gasteiger partial charge in [-0.15, -0.1) is 0 Å². The zero-order valence-corrected chi connectivity index (χ0v) is 11.8. The van der Waals surface area contributed by atoms with Crippen LogP contribution < -0.4 is 0 Å². The van der Waals surface area contributed by atoms with Crippen LogP contribution >= 0.6 is 0 Å². The lowest BCUT2D eigenvalue weighted by atomic mass is 10.00. The highest BCUT2D eigenvalue weighted by atomic mass is 16.5. The van der Waals surface area contributed by atoms with Crippen LogP contribution in [0, 0.1) is 0 Å². The molecule has 100 valence electrons. The van der Waals surface area contributed by atoms with Crippen molar-refractivity contribution in [3.05, 3.63) is 41.7 Å². The van der Waals surface area contributed by atoms with E-state index in [4.69, 9.17) is 4.74 Å². The highest BCUT2D eigenvalue weighted by Crippen LogP contribution is 2.21. The van der Waals surface area contributed by atoms with E-state index in [1.807, 2.05) is 19.9 Å². The quantitative estimate of drug-likeness (QED) is 0.782. The predicted molar refractivity (Wildman–Crippen MR) is 76.4 cm³/mol. The molecule has 0 amide bonds. The third-order valence-corrected chi connectivity index (χ3v) is 2.96. The molecule has 0 unspecified atom stereocenters. The molecule has 3 nitrogen and oxygen atoms in total. The molecule has 0 saturated heterocycles. The molecule has 0 aliphatic rings. The summed E-state index contributed by atoms with van der Waals surface area (Å²) in [7, 11) is 0. The Morgan fingerprint density at radius 3 is 2.47 bits per heavy atom. The molecule has 0 bridgehead atoms. The van der Waals surface area contributed by atoms with Crippen molar-refractivity contribution in [2.24, 2.45) is 0 Å². The van der Waals surface area contributed by atoms with Crippen LogP contribution in [0.3, 0.4) is 0 Å². The minimum Gasteiger partial charge on any atom is -0.458 e. The number of nitrogens with zero attached hydrogens (tertiary/aromatic N) is 1. The number of ether oxygens (including phenoxy) is 1. The Balaban J connectivity index is 2.40. The molecule has 0 atom stereocenters. The number of fused-ring (bicyclic) bond motifs is 1. The summed E-state index contributed by atoms with van der Waals surface area (Å²) in [5.74, 6) is 0.0930. The van der Waals surface area contributed by atoms with Crippen molar-refractivity contribution in [1.82, 2.24) is 4.98 Å². The van der Waals surface area contributed by atoms with E-state index in [-0.39, 0.29) is 12.1 Å². The highest BCUT2D eigenvalue weighted by molar-refractivity contribution is 5.93. The maximum atomic E-state index is 11.8. The fourth-order valence-corrected chi connectivity index (χ4v) is 1.90. The molecule has 1 aromatic heterocycles. The van der Waals surface area contributed by atoms with Crippen LogP contribution in [-0.4, -0.2) is 17.1 Å². The van der Waals surface area contributed by atoms with E-state index >= 15 is 0 Å². The SMILES string of the molecule is CC(C)OC(=O)c1cc2cc(C(C)C)ccc2cn1. The van der Waals surface area contributed by atoms with Gasteiger partial charge in [-0.3, -0.25) is 0 Å². The van der Waals surface area contributed by atoms with Gasteiger partial charge in [-0.25, -0.2) is 9.78 Å². The molecule has 0 radical (unpaired) electrons. The maximum absolute atomic E-state index is 11.8. The first-order valence-corrected chi connectivity index (χ1v) is 6.58. The zero-order valence-electron chi connectivity index (χ0n) is 11.8. The third kappa shape index (κ3) is 3.11. The van der Waals surface area contributed by atoms with Gasteiger partial charge in [0.1, 0.15) is 5.69 Å². The van der Waals surface area contributed by atoms with E-state index in [1.54, 1.807) is 12.3 Å². The molecule has 2 rings (SSSR count). The second kappa shape index (κ2) is 5.39. The summed E-state index contributed by atoms with van der Waals surface area (Å²) in [4.78, 5) is 16.0. The van der Waals surface area contributed by atoms with Gasteiger partial charge in [-0.05, 0) is 36.8 Å². The van der Waals surface area contributed by atoms with Crippen LogP contribution in [0.15, 0.2) is 30.5 Å². The van der Waals surface area contributed by atoms with E-state index in [0.717, 1.165) is 10.8 Å². The molecule has 1 heterocycles. The van der Waals surface area contributed by atoms with E-state index in [9.17, 15) is 4.79 Å². The molecule has 3 heteroatoms. The molecule has 2 aromatic rings. The first-order chi connectivity index (χ1) is 8.97. The Bertz CT molecular complexity index is 603. The van der Waals surface area contributed by atoms with Crippen LogP contribution in [0.2, 0.25) is 0 Å². The van der Waals surface area contributed by atoms with Gasteiger partial charge in [0.25, 0.3) is 0 Å². The number of benzene rings is 1. The monoisotopic (exact) mass is 257 g/mol. The van der Waals surface area contributed by atoms with Crippen LogP contribution in [0.5, 0.6) is 0 Å². The summed E-state index contributed by atoms with van der Waals surface area (Å²) in [5, 5.41) is 2.06. The molecular weight excluding hydrogens is 238 g/mol. The number of carbonyl (C=O) groups is 1. The van der Waals surface area contributed by atoms with Crippen LogP contribution in [-0.2, 0) is 4.74 Å². The molecule has 0 aliphatic heterocycles. The summed E-state index contributed by atoms with van der Waals surface area (Å²) >= 11 is 0. The normalized spacial score (nSPS) is 11.3. The van der Waals surface area contributed by atoms with E-state index in [0.29, 0.717) is 11.6 Å². The number of hydrogen-bond acceptors (Lipinski definition) is 3. The summed E-state index contributed by atoms with van der Waals surface area (Å²) in [5.41, 5.74) is 1.61. The van der Waals surface area contributed by atoms with Crippen LogP contribution in [0.25, 0.3) is 10.8 Å². The fraction of sp³-hybridized carbons (Fsp3) is 0.375. The van der Waals surface area contributed by atoms with E-state index in [2.05, 4.69) is 31.0 Å². The van der Waals surface area contributed by atoms with Crippen molar-refractivity contribution >= 4 is 16.7 Å². The maximum Gasteiger partial charge on any atom is 0.357 e. The van der Waals surface area contributed by atoms with Crippen molar-refractivity contribution in [3.63, 3.8) is 0 Å². The smallest absolute Gasteiger partial charge is 0.357 e. The second-order valence-corrected chi connectivity index (χ2v) is 5.28. The lowest BCUT2D eigenvalue weighted by Crippen LogP contribution is -2.12. The van der Waals surface area contributed by atoms with Gasteiger partial charge in [-0.1, -0.05) is 32.0 Å². The summed E-state index contributed by atoms with van der Waals surface area (Å²) < 4.78 is 5.16. The van der Waals surface area contributed by atoms with Crippen molar-refractivity contribution in [2.75, 3.05) is 0 Å². The van der Waals surface area contributed by atoms with Gasteiger partial charge in [-0.2, -0.15) is 0 Å². The Kier molecular flexibility index (Phi) is 3.84. The molecule has 0 N–H and O–H groups in total. The average molecular weight is 257 g/mol. The third-order valence-electron chi connectivity index (χ3n) is 2.96. The number of hydrogen-bond donors (Lipinski definition) is 0. The first-order valence-electron chi connectivity index (χ1n) is 6.58. The Morgan fingerprint density at radius 1 is 1.11 bits per heavy atom. The molecule has 0 fully saturated rings. The van der Waals surface area contributed by atoms with E-state index in [1.165, 1.54) is 5.56 Å². The van der Waals surface area contributed by atoms with Crippen molar-refractivity contribution in [2.45, 2.75) is 39.7 Å². The first kappa shape index (κ1) is 13.5. The molecule has 0 aliphatic carbocycles. The van der Waals surface area contributed by atoms with Crippen LogP contribution in [0.1, 0.15) is 49.7 Å². The Morgan fingerprint density at radius 2 is 1.84 bits per heavy atom. The standard InChI is InChI=1S/C16H19NO2/c1-10(2)12-5-6-13-9-17-15(8-14(13)7-12)16(18)19-11(3)4/h5-11H,1-4H3. The van der Waals surface area contributed by atoms with Gasteiger partial charge in [0, 0.05) is 11.6 Å². The lowest BCUT2D eigenvalue weighted by Gasteiger charge is -2.09. The molecule has 19 heavy (non-hydrogen) atoms. The number of esters is 1. The van der Waals surface area contributed by atoms with Gasteiger partial charge >= 0.3 is 5.97 Å². The molecule has 1 aromatic carbocycles. The Labute approximate surface area is 113 Å². The number of pyridine rings is 1. The van der Waals surface area contributed by atoms with Crippen molar-refractivity contribution in [3.8, 4) is 0 Å².